The first-order chi connectivity index (χ1) is 13.4. The Balaban J connectivity index is 1.52. The van der Waals surface area contributed by atoms with Crippen molar-refractivity contribution in [1.82, 2.24) is 9.80 Å². The fraction of sp³-hybridized carbons (Fsp3) is 0.682. The lowest BCUT2D eigenvalue weighted by Crippen LogP contribution is -2.52. The average molecular weight is 389 g/mol. The molecule has 154 valence electrons. The number of hydrogen-bond acceptors (Lipinski definition) is 5. The molecule has 6 nitrogen and oxygen atoms in total. The van der Waals surface area contributed by atoms with Crippen molar-refractivity contribution in [1.29, 1.82) is 0 Å². The molecule has 1 N–H and O–H groups in total. The lowest BCUT2D eigenvalue weighted by atomic mass is 9.77. The first-order valence-electron chi connectivity index (χ1n) is 10.3. The van der Waals surface area contributed by atoms with Gasteiger partial charge in [-0.1, -0.05) is 24.3 Å². The van der Waals surface area contributed by atoms with Gasteiger partial charge < -0.3 is 14.6 Å². The van der Waals surface area contributed by atoms with Crippen molar-refractivity contribution in [3.05, 3.63) is 35.4 Å². The smallest absolute Gasteiger partial charge is 0.308 e. The van der Waals surface area contributed by atoms with Gasteiger partial charge in [-0.15, -0.1) is 0 Å². The quantitative estimate of drug-likeness (QED) is 0.855. The van der Waals surface area contributed by atoms with Crippen LogP contribution in [0.4, 0.5) is 0 Å². The molecule has 0 spiro atoms. The number of carbonyl (C=O) groups is 1. The third kappa shape index (κ3) is 3.71. The second-order valence-corrected chi connectivity index (χ2v) is 9.18. The van der Waals surface area contributed by atoms with Crippen LogP contribution < -0.4 is 0 Å². The van der Waals surface area contributed by atoms with E-state index in [0.29, 0.717) is 31.6 Å². The first kappa shape index (κ1) is 19.8. The molecule has 28 heavy (non-hydrogen) atoms. The molecule has 3 aliphatic rings. The van der Waals surface area contributed by atoms with E-state index in [1.165, 1.54) is 5.56 Å². The zero-order valence-electron chi connectivity index (χ0n) is 17.1. The van der Waals surface area contributed by atoms with E-state index in [1.54, 1.807) is 0 Å². The molecule has 3 heterocycles. The number of hydrogen-bond donors (Lipinski definition) is 1. The number of fused-ring (bicyclic) bond motifs is 1. The number of carboxylic acids is 1. The van der Waals surface area contributed by atoms with Crippen molar-refractivity contribution in [2.45, 2.75) is 44.4 Å². The molecule has 4 rings (SSSR count). The van der Waals surface area contributed by atoms with Gasteiger partial charge in [-0.2, -0.15) is 0 Å². The third-order valence-electron chi connectivity index (χ3n) is 6.89. The normalized spacial score (nSPS) is 33.5. The highest BCUT2D eigenvalue weighted by molar-refractivity contribution is 5.71. The van der Waals surface area contributed by atoms with Gasteiger partial charge in [0.1, 0.15) is 0 Å². The van der Waals surface area contributed by atoms with E-state index in [4.69, 9.17) is 9.47 Å². The molecule has 0 bridgehead atoms. The Morgan fingerprint density at radius 3 is 2.64 bits per heavy atom. The molecule has 0 radical (unpaired) electrons. The van der Waals surface area contributed by atoms with Crippen LogP contribution in [-0.2, 0) is 20.8 Å². The van der Waals surface area contributed by atoms with Crippen molar-refractivity contribution in [3.63, 3.8) is 0 Å². The van der Waals surface area contributed by atoms with E-state index in [0.717, 1.165) is 31.9 Å². The molecule has 0 aliphatic carbocycles. The topological polar surface area (TPSA) is 62.2 Å². The molecule has 4 atom stereocenters. The van der Waals surface area contributed by atoms with Crippen LogP contribution in [0.1, 0.15) is 37.4 Å². The van der Waals surface area contributed by atoms with Gasteiger partial charge in [-0.3, -0.25) is 14.6 Å². The summed E-state index contributed by atoms with van der Waals surface area (Å²) in [6.07, 6.45) is 0.693. The van der Waals surface area contributed by atoms with Crippen molar-refractivity contribution >= 4 is 5.97 Å². The van der Waals surface area contributed by atoms with Gasteiger partial charge in [0.05, 0.1) is 32.3 Å². The number of rotatable bonds is 4. The number of morpholine rings is 1. The zero-order chi connectivity index (χ0) is 19.9. The van der Waals surface area contributed by atoms with Crippen LogP contribution >= 0.6 is 0 Å². The second-order valence-electron chi connectivity index (χ2n) is 9.18. The van der Waals surface area contributed by atoms with Crippen LogP contribution in [0.3, 0.4) is 0 Å². The minimum absolute atomic E-state index is 0.0341. The number of nitrogens with zero attached hydrogens (tertiary/aromatic N) is 2. The van der Waals surface area contributed by atoms with Gasteiger partial charge in [-0.05, 0) is 38.4 Å². The molecule has 1 aromatic rings. The van der Waals surface area contributed by atoms with Crippen LogP contribution in [-0.4, -0.2) is 72.5 Å². The highest BCUT2D eigenvalue weighted by Crippen LogP contribution is 2.43. The minimum Gasteiger partial charge on any atom is -0.481 e. The van der Waals surface area contributed by atoms with E-state index in [-0.39, 0.29) is 11.6 Å². The van der Waals surface area contributed by atoms with Gasteiger partial charge >= 0.3 is 5.97 Å². The fourth-order valence-electron chi connectivity index (χ4n) is 5.14. The number of benzene rings is 1. The Labute approximate surface area is 167 Å². The van der Waals surface area contributed by atoms with E-state index >= 15 is 0 Å². The maximum absolute atomic E-state index is 12.0. The summed E-state index contributed by atoms with van der Waals surface area (Å²) >= 11 is 0. The number of ether oxygens (including phenoxy) is 2. The number of likely N-dealkylation sites (tertiary alicyclic amines) is 1. The lowest BCUT2D eigenvalue weighted by molar-refractivity contribution is -0.148. The second kappa shape index (κ2) is 7.75. The molecule has 3 aliphatic heterocycles. The molecule has 0 amide bonds. The minimum atomic E-state index is -0.707. The van der Waals surface area contributed by atoms with E-state index in [2.05, 4.69) is 55.0 Å². The Bertz CT molecular complexity index is 705. The van der Waals surface area contributed by atoms with Crippen LogP contribution in [0.5, 0.6) is 0 Å². The highest BCUT2D eigenvalue weighted by Gasteiger charge is 2.47. The van der Waals surface area contributed by atoms with Crippen LogP contribution in [0.25, 0.3) is 0 Å². The molecule has 1 aromatic carbocycles. The van der Waals surface area contributed by atoms with Crippen LogP contribution in [0.15, 0.2) is 24.3 Å². The molecule has 0 saturated carbocycles. The number of likely N-dealkylation sites (N-methyl/N-ethyl adjacent to an activating group) is 1. The maximum atomic E-state index is 12.0. The van der Waals surface area contributed by atoms with Gasteiger partial charge in [0.15, 0.2) is 0 Å². The van der Waals surface area contributed by atoms with Crippen LogP contribution in [0, 0.1) is 11.8 Å². The predicted octanol–water partition coefficient (Wildman–Crippen LogP) is 2.39. The van der Waals surface area contributed by atoms with Crippen LogP contribution in [0.2, 0.25) is 0 Å². The summed E-state index contributed by atoms with van der Waals surface area (Å²) in [5, 5.41) is 9.85. The van der Waals surface area contributed by atoms with E-state index in [9.17, 15) is 9.90 Å². The Morgan fingerprint density at radius 1 is 1.21 bits per heavy atom. The summed E-state index contributed by atoms with van der Waals surface area (Å²) in [6.45, 7) is 9.17. The summed E-state index contributed by atoms with van der Waals surface area (Å²) in [6, 6.07) is 8.77. The number of carboxylic acid groups (broad SMARTS) is 1. The number of aliphatic carboxylic acids is 1. The summed E-state index contributed by atoms with van der Waals surface area (Å²) < 4.78 is 11.3. The van der Waals surface area contributed by atoms with Crippen molar-refractivity contribution in [2.75, 3.05) is 40.0 Å². The maximum Gasteiger partial charge on any atom is 0.308 e. The van der Waals surface area contributed by atoms with Crippen molar-refractivity contribution < 1.29 is 19.4 Å². The van der Waals surface area contributed by atoms with Crippen molar-refractivity contribution in [2.24, 2.45) is 11.8 Å². The summed E-state index contributed by atoms with van der Waals surface area (Å²) in [5.74, 6) is -0.775. The summed E-state index contributed by atoms with van der Waals surface area (Å²) in [4.78, 5) is 16.7. The molecule has 6 heteroatoms. The highest BCUT2D eigenvalue weighted by atomic mass is 16.5. The van der Waals surface area contributed by atoms with Gasteiger partial charge in [-0.25, -0.2) is 0 Å². The SMILES string of the molecule is CN1C2COCC2CC(C(=O)O)C1c1ccc(CN2CCOCC2(C)C)cc1. The number of piperidine rings is 1. The molecule has 4 unspecified atom stereocenters. The Kier molecular flexibility index (Phi) is 5.49. The van der Waals surface area contributed by atoms with E-state index in [1.807, 2.05) is 0 Å². The fourth-order valence-corrected chi connectivity index (χ4v) is 5.14. The standard InChI is InChI=1S/C22H32N2O4/c1-22(2)14-27-9-8-24(22)11-15-4-6-16(7-5-15)20-18(21(25)26)10-17-12-28-13-19(17)23(20)3/h4-7,17-20H,8-14H2,1-3H3,(H,25,26). The Morgan fingerprint density at radius 2 is 1.96 bits per heavy atom. The van der Waals surface area contributed by atoms with Gasteiger partial charge in [0.25, 0.3) is 0 Å². The molecule has 0 aromatic heterocycles. The molecule has 3 fully saturated rings. The lowest BCUT2D eigenvalue weighted by Gasteiger charge is -2.44. The third-order valence-corrected chi connectivity index (χ3v) is 6.89. The Hall–Kier alpha value is -1.47. The molecular weight excluding hydrogens is 356 g/mol. The van der Waals surface area contributed by atoms with Gasteiger partial charge in [0.2, 0.25) is 0 Å². The molecular formula is C22H32N2O4. The first-order valence-corrected chi connectivity index (χ1v) is 10.3. The monoisotopic (exact) mass is 388 g/mol. The molecule has 3 saturated heterocycles. The predicted molar refractivity (Wildman–Crippen MR) is 106 cm³/mol. The van der Waals surface area contributed by atoms with E-state index < -0.39 is 11.9 Å². The average Bonchev–Trinajstić information content (AvgIpc) is 3.13. The van der Waals surface area contributed by atoms with Gasteiger partial charge in [0, 0.05) is 36.6 Å². The zero-order valence-corrected chi connectivity index (χ0v) is 17.1. The summed E-state index contributed by atoms with van der Waals surface area (Å²) in [7, 11) is 2.05. The largest absolute Gasteiger partial charge is 0.481 e. The van der Waals surface area contributed by atoms with Crippen molar-refractivity contribution in [3.8, 4) is 0 Å². The summed E-state index contributed by atoms with van der Waals surface area (Å²) in [5.41, 5.74) is 2.38.